The van der Waals surface area contributed by atoms with Crippen LogP contribution >= 0.6 is 12.2 Å². The van der Waals surface area contributed by atoms with E-state index in [9.17, 15) is 0 Å². The minimum atomic E-state index is -0.423. The van der Waals surface area contributed by atoms with E-state index in [1.165, 1.54) is 11.1 Å². The first-order valence-corrected chi connectivity index (χ1v) is 12.9. The lowest BCUT2D eigenvalue weighted by Crippen LogP contribution is -2.32. The van der Waals surface area contributed by atoms with Crippen molar-refractivity contribution in [3.05, 3.63) is 88.5 Å². The second kappa shape index (κ2) is 9.24. The molecule has 4 heterocycles. The summed E-state index contributed by atoms with van der Waals surface area (Å²) < 4.78 is 28.4. The quantitative estimate of drug-likeness (QED) is 0.366. The fraction of sp³-hybridized carbons (Fsp3) is 0.286. The Labute approximate surface area is 219 Å². The number of nitrogens with zero attached hydrogens (tertiary/aromatic N) is 4. The van der Waals surface area contributed by atoms with Gasteiger partial charge < -0.3 is 18.9 Å². The lowest BCUT2D eigenvalue weighted by molar-refractivity contribution is 0.0828. The Bertz CT molecular complexity index is 1530. The first-order chi connectivity index (χ1) is 18.2. The molecule has 3 aromatic carbocycles. The third-order valence-corrected chi connectivity index (χ3v) is 7.38. The van der Waals surface area contributed by atoms with E-state index >= 15 is 0 Å². The molecule has 9 heteroatoms. The zero-order valence-electron chi connectivity index (χ0n) is 20.2. The number of hydrogen-bond acceptors (Lipinski definition) is 7. The molecule has 0 radical (unpaired) electrons. The molecule has 3 aliphatic rings. The highest BCUT2D eigenvalue weighted by Crippen LogP contribution is 2.37. The summed E-state index contributed by atoms with van der Waals surface area (Å²) in [5, 5.41) is 5.00. The summed E-state index contributed by atoms with van der Waals surface area (Å²) in [7, 11) is 0. The minimum Gasteiger partial charge on any atom is -0.486 e. The van der Waals surface area contributed by atoms with Gasteiger partial charge in [-0.2, -0.15) is 5.10 Å². The molecule has 3 aliphatic heterocycles. The maximum absolute atomic E-state index is 6.36. The molecule has 1 aromatic heterocycles. The first kappa shape index (κ1) is 22.4. The molecular formula is C28H26N4O4S. The maximum Gasteiger partial charge on any atom is 0.203 e. The standard InChI is InChI=1S/C28H26N4O4S/c37-28-31(18-30-12-11-19-5-1-2-6-20(19)16-30)29-27(26-17-35-22-7-3-4-8-24(22)36-26)32(28)21-9-10-23-25(15-21)34-14-13-33-23/h1-10,15,26H,11-14,16-18H2/t26-/m1/s1. The average molecular weight is 515 g/mol. The second-order valence-electron chi connectivity index (χ2n) is 9.38. The van der Waals surface area contributed by atoms with Gasteiger partial charge in [0.25, 0.3) is 0 Å². The van der Waals surface area contributed by atoms with Crippen LogP contribution in [-0.2, 0) is 19.6 Å². The number of para-hydroxylation sites is 2. The van der Waals surface area contributed by atoms with Gasteiger partial charge in [0, 0.05) is 19.2 Å². The molecule has 0 aliphatic carbocycles. The predicted molar refractivity (Wildman–Crippen MR) is 139 cm³/mol. The summed E-state index contributed by atoms with van der Waals surface area (Å²) in [5.41, 5.74) is 3.62. The largest absolute Gasteiger partial charge is 0.486 e. The van der Waals surface area contributed by atoms with Gasteiger partial charge in [-0.05, 0) is 54.0 Å². The van der Waals surface area contributed by atoms with E-state index in [0.717, 1.165) is 36.7 Å². The van der Waals surface area contributed by atoms with Crippen molar-refractivity contribution in [3.8, 4) is 28.7 Å². The Morgan fingerprint density at radius 1 is 0.838 bits per heavy atom. The summed E-state index contributed by atoms with van der Waals surface area (Å²) >= 11 is 6.01. The molecule has 7 rings (SSSR count). The van der Waals surface area contributed by atoms with E-state index < -0.39 is 6.10 Å². The SMILES string of the molecule is S=c1n(CN2CCc3ccccc3C2)nc([C@H]2COc3ccccc3O2)n1-c1ccc2c(c1)OCCO2. The molecule has 4 aromatic rings. The number of rotatable bonds is 4. The van der Waals surface area contributed by atoms with Gasteiger partial charge in [-0.1, -0.05) is 36.4 Å². The molecule has 0 unspecified atom stereocenters. The third kappa shape index (κ3) is 4.14. The highest BCUT2D eigenvalue weighted by molar-refractivity contribution is 7.71. The predicted octanol–water partition coefficient (Wildman–Crippen LogP) is 4.70. The molecule has 0 bridgehead atoms. The molecule has 8 nitrogen and oxygen atoms in total. The molecule has 37 heavy (non-hydrogen) atoms. The smallest absolute Gasteiger partial charge is 0.203 e. The Hall–Kier alpha value is -3.82. The van der Waals surface area contributed by atoms with Crippen LogP contribution in [0.1, 0.15) is 23.1 Å². The van der Waals surface area contributed by atoms with Gasteiger partial charge >= 0.3 is 0 Å². The monoisotopic (exact) mass is 514 g/mol. The number of benzene rings is 3. The maximum atomic E-state index is 6.36. The zero-order chi connectivity index (χ0) is 24.8. The Kier molecular flexibility index (Phi) is 5.59. The first-order valence-electron chi connectivity index (χ1n) is 12.5. The van der Waals surface area contributed by atoms with Crippen molar-refractivity contribution in [1.82, 2.24) is 19.2 Å². The highest BCUT2D eigenvalue weighted by atomic mass is 32.1. The van der Waals surface area contributed by atoms with Crippen molar-refractivity contribution in [2.24, 2.45) is 0 Å². The normalized spacial score (nSPS) is 18.3. The fourth-order valence-corrected chi connectivity index (χ4v) is 5.45. The van der Waals surface area contributed by atoms with Crippen LogP contribution in [0.4, 0.5) is 0 Å². The highest BCUT2D eigenvalue weighted by Gasteiger charge is 2.30. The van der Waals surface area contributed by atoms with Crippen LogP contribution in [0, 0.1) is 4.77 Å². The van der Waals surface area contributed by atoms with Crippen molar-refractivity contribution >= 4 is 12.2 Å². The van der Waals surface area contributed by atoms with Crippen LogP contribution < -0.4 is 18.9 Å². The average Bonchev–Trinajstić information content (AvgIpc) is 3.27. The molecule has 0 saturated heterocycles. The van der Waals surface area contributed by atoms with E-state index in [-0.39, 0.29) is 0 Å². The van der Waals surface area contributed by atoms with Crippen molar-refractivity contribution in [3.63, 3.8) is 0 Å². The van der Waals surface area contributed by atoms with Gasteiger partial charge in [-0.15, -0.1) is 0 Å². The summed E-state index contributed by atoms with van der Waals surface area (Å²) in [6.45, 7) is 3.79. The van der Waals surface area contributed by atoms with E-state index in [0.29, 0.717) is 48.6 Å². The van der Waals surface area contributed by atoms with E-state index in [2.05, 4.69) is 29.2 Å². The van der Waals surface area contributed by atoms with Crippen LogP contribution in [-0.4, -0.2) is 45.6 Å². The molecule has 0 amide bonds. The second-order valence-corrected chi connectivity index (χ2v) is 9.75. The van der Waals surface area contributed by atoms with Gasteiger partial charge in [0.05, 0.1) is 12.4 Å². The van der Waals surface area contributed by atoms with Gasteiger partial charge in [0.2, 0.25) is 4.77 Å². The van der Waals surface area contributed by atoms with Gasteiger partial charge in [0.15, 0.2) is 34.9 Å². The van der Waals surface area contributed by atoms with E-state index in [1.54, 1.807) is 0 Å². The van der Waals surface area contributed by atoms with Gasteiger partial charge in [0.1, 0.15) is 19.8 Å². The fourth-order valence-electron chi connectivity index (χ4n) is 5.15. The van der Waals surface area contributed by atoms with Crippen molar-refractivity contribution in [2.75, 3.05) is 26.4 Å². The lowest BCUT2D eigenvalue weighted by atomic mass is 10.0. The van der Waals surface area contributed by atoms with Crippen LogP contribution in [0.3, 0.4) is 0 Å². The van der Waals surface area contributed by atoms with Gasteiger partial charge in [-0.3, -0.25) is 9.47 Å². The van der Waals surface area contributed by atoms with Gasteiger partial charge in [-0.25, -0.2) is 4.68 Å². The van der Waals surface area contributed by atoms with Crippen LogP contribution in [0.25, 0.3) is 5.69 Å². The topological polar surface area (TPSA) is 62.9 Å². The number of hydrogen-bond donors (Lipinski definition) is 0. The summed E-state index contributed by atoms with van der Waals surface area (Å²) in [4.78, 5) is 2.37. The molecule has 0 saturated carbocycles. The van der Waals surface area contributed by atoms with E-state index in [1.807, 2.05) is 51.7 Å². The molecule has 0 fully saturated rings. The Morgan fingerprint density at radius 2 is 1.59 bits per heavy atom. The van der Waals surface area contributed by atoms with Crippen molar-refractivity contribution in [2.45, 2.75) is 25.7 Å². The Morgan fingerprint density at radius 3 is 2.49 bits per heavy atom. The molecule has 0 N–H and O–H groups in total. The summed E-state index contributed by atoms with van der Waals surface area (Å²) in [6.07, 6.45) is 0.586. The molecule has 188 valence electrons. The molecule has 1 atom stereocenters. The number of fused-ring (bicyclic) bond motifs is 3. The number of aromatic nitrogens is 3. The minimum absolute atomic E-state index is 0.338. The lowest BCUT2D eigenvalue weighted by Gasteiger charge is -2.28. The summed E-state index contributed by atoms with van der Waals surface area (Å²) in [5.74, 6) is 3.54. The molecule has 0 spiro atoms. The number of ether oxygens (including phenoxy) is 4. The van der Waals surface area contributed by atoms with E-state index in [4.69, 9.17) is 36.3 Å². The zero-order valence-corrected chi connectivity index (χ0v) is 21.0. The molecular weight excluding hydrogens is 488 g/mol. The van der Waals surface area contributed by atoms with Crippen LogP contribution in [0.15, 0.2) is 66.7 Å². The van der Waals surface area contributed by atoms with Crippen LogP contribution in [0.5, 0.6) is 23.0 Å². The summed E-state index contributed by atoms with van der Waals surface area (Å²) in [6, 6.07) is 22.2. The van der Waals surface area contributed by atoms with Crippen molar-refractivity contribution in [1.29, 1.82) is 0 Å². The van der Waals surface area contributed by atoms with Crippen LogP contribution in [0.2, 0.25) is 0 Å². The third-order valence-electron chi connectivity index (χ3n) is 6.99. The Balaban J connectivity index is 1.27. The van der Waals surface area contributed by atoms with Crippen molar-refractivity contribution < 1.29 is 18.9 Å².